The second-order valence-electron chi connectivity index (χ2n) is 6.62. The molecule has 0 spiro atoms. The first-order valence-electron chi connectivity index (χ1n) is 8.24. The van der Waals surface area contributed by atoms with Crippen molar-refractivity contribution in [2.45, 2.75) is 50.5 Å². The van der Waals surface area contributed by atoms with Crippen LogP contribution in [0.25, 0.3) is 0 Å². The normalized spacial score (nSPS) is 17.0. The smallest absolute Gasteiger partial charge is 0.222 e. The van der Waals surface area contributed by atoms with E-state index >= 15 is 0 Å². The minimum absolute atomic E-state index is 0.0330. The molecule has 1 aliphatic carbocycles. The number of amides is 1. The molecule has 2 rings (SSSR count). The van der Waals surface area contributed by atoms with Gasteiger partial charge in [-0.05, 0) is 37.0 Å². The van der Waals surface area contributed by atoms with Crippen molar-refractivity contribution in [3.63, 3.8) is 0 Å². The second-order valence-corrected chi connectivity index (χ2v) is 6.62. The molecular weight excluding hydrogens is 276 g/mol. The SMILES string of the molecule is CN(C)c1ccc(CCNC(=O)CC2(O)CCCCC2)cc1. The van der Waals surface area contributed by atoms with Crippen molar-refractivity contribution in [3.05, 3.63) is 29.8 Å². The summed E-state index contributed by atoms with van der Waals surface area (Å²) in [7, 11) is 4.04. The highest BCUT2D eigenvalue weighted by atomic mass is 16.3. The lowest BCUT2D eigenvalue weighted by atomic mass is 9.82. The Hall–Kier alpha value is -1.55. The van der Waals surface area contributed by atoms with Crippen molar-refractivity contribution in [3.8, 4) is 0 Å². The highest BCUT2D eigenvalue weighted by molar-refractivity contribution is 5.77. The molecule has 0 bridgehead atoms. The van der Waals surface area contributed by atoms with E-state index in [1.165, 1.54) is 17.7 Å². The predicted molar refractivity (Wildman–Crippen MR) is 90.1 cm³/mol. The number of aliphatic hydroxyl groups is 1. The maximum atomic E-state index is 12.0. The molecule has 4 heteroatoms. The molecule has 1 aromatic carbocycles. The predicted octanol–water partition coefficient (Wildman–Crippen LogP) is 2.50. The van der Waals surface area contributed by atoms with Crippen molar-refractivity contribution >= 4 is 11.6 Å². The number of carbonyl (C=O) groups excluding carboxylic acids is 1. The highest BCUT2D eigenvalue weighted by Crippen LogP contribution is 2.30. The minimum Gasteiger partial charge on any atom is -0.389 e. The molecule has 4 nitrogen and oxygen atoms in total. The molecule has 22 heavy (non-hydrogen) atoms. The lowest BCUT2D eigenvalue weighted by Gasteiger charge is -2.31. The van der Waals surface area contributed by atoms with Crippen molar-refractivity contribution in [1.29, 1.82) is 0 Å². The largest absolute Gasteiger partial charge is 0.389 e. The van der Waals surface area contributed by atoms with Crippen LogP contribution >= 0.6 is 0 Å². The average molecular weight is 304 g/mol. The van der Waals surface area contributed by atoms with Crippen LogP contribution in [-0.4, -0.2) is 37.3 Å². The first-order chi connectivity index (χ1) is 10.5. The summed E-state index contributed by atoms with van der Waals surface area (Å²) in [6.45, 7) is 0.621. The fourth-order valence-electron chi connectivity index (χ4n) is 3.06. The fourth-order valence-corrected chi connectivity index (χ4v) is 3.06. The van der Waals surface area contributed by atoms with Gasteiger partial charge in [-0.3, -0.25) is 4.79 Å². The van der Waals surface area contributed by atoms with E-state index in [0.29, 0.717) is 6.54 Å². The second kappa shape index (κ2) is 7.63. The summed E-state index contributed by atoms with van der Waals surface area (Å²) in [5.74, 6) is -0.0330. The Kier molecular flexibility index (Phi) is 5.83. The van der Waals surface area contributed by atoms with E-state index in [1.54, 1.807) is 0 Å². The van der Waals surface area contributed by atoms with E-state index in [9.17, 15) is 9.90 Å². The topological polar surface area (TPSA) is 52.6 Å². The molecule has 0 heterocycles. The molecule has 0 atom stereocenters. The third kappa shape index (κ3) is 5.02. The Balaban J connectivity index is 1.72. The van der Waals surface area contributed by atoms with Gasteiger partial charge in [0.1, 0.15) is 0 Å². The molecule has 1 aromatic rings. The first kappa shape index (κ1) is 16.8. The van der Waals surface area contributed by atoms with Gasteiger partial charge in [0.2, 0.25) is 5.91 Å². The van der Waals surface area contributed by atoms with Crippen LogP contribution in [0.4, 0.5) is 5.69 Å². The Morgan fingerprint density at radius 1 is 1.18 bits per heavy atom. The zero-order valence-electron chi connectivity index (χ0n) is 13.8. The molecule has 1 fully saturated rings. The van der Waals surface area contributed by atoms with Crippen LogP contribution in [0.3, 0.4) is 0 Å². The molecule has 2 N–H and O–H groups in total. The number of nitrogens with zero attached hydrogens (tertiary/aromatic N) is 1. The van der Waals surface area contributed by atoms with Gasteiger partial charge in [0.05, 0.1) is 12.0 Å². The lowest BCUT2D eigenvalue weighted by molar-refractivity contribution is -0.127. The summed E-state index contributed by atoms with van der Waals surface area (Å²) in [5.41, 5.74) is 1.62. The lowest BCUT2D eigenvalue weighted by Crippen LogP contribution is -2.38. The van der Waals surface area contributed by atoms with Crippen LogP contribution in [0, 0.1) is 0 Å². The van der Waals surface area contributed by atoms with Crippen molar-refractivity contribution in [2.24, 2.45) is 0 Å². The summed E-state index contributed by atoms with van der Waals surface area (Å²) in [6.07, 6.45) is 5.81. The van der Waals surface area contributed by atoms with Crippen LogP contribution in [0.15, 0.2) is 24.3 Å². The third-order valence-electron chi connectivity index (χ3n) is 4.46. The molecule has 0 unspecified atom stereocenters. The third-order valence-corrected chi connectivity index (χ3v) is 4.46. The number of rotatable bonds is 6. The summed E-state index contributed by atoms with van der Waals surface area (Å²) in [4.78, 5) is 14.0. The van der Waals surface area contributed by atoms with Gasteiger partial charge in [-0.2, -0.15) is 0 Å². The van der Waals surface area contributed by atoms with E-state index in [-0.39, 0.29) is 12.3 Å². The maximum absolute atomic E-state index is 12.0. The van der Waals surface area contributed by atoms with Gasteiger partial charge >= 0.3 is 0 Å². The molecule has 1 aliphatic rings. The number of benzene rings is 1. The van der Waals surface area contributed by atoms with E-state index in [4.69, 9.17) is 0 Å². The molecule has 0 aliphatic heterocycles. The number of anilines is 1. The van der Waals surface area contributed by atoms with Gasteiger partial charge in [0.15, 0.2) is 0 Å². The van der Waals surface area contributed by atoms with E-state index in [1.807, 2.05) is 14.1 Å². The zero-order chi connectivity index (χ0) is 16.0. The molecule has 0 saturated heterocycles. The van der Waals surface area contributed by atoms with Crippen LogP contribution < -0.4 is 10.2 Å². The number of carbonyl (C=O) groups is 1. The molecule has 0 aromatic heterocycles. The molecular formula is C18H28N2O2. The average Bonchev–Trinajstić information content (AvgIpc) is 2.48. The van der Waals surface area contributed by atoms with Gasteiger partial charge in [-0.25, -0.2) is 0 Å². The molecule has 0 radical (unpaired) electrons. The zero-order valence-corrected chi connectivity index (χ0v) is 13.8. The Morgan fingerprint density at radius 3 is 2.41 bits per heavy atom. The number of nitrogens with one attached hydrogen (secondary N) is 1. The van der Waals surface area contributed by atoms with E-state index < -0.39 is 5.60 Å². The summed E-state index contributed by atoms with van der Waals surface area (Å²) < 4.78 is 0. The summed E-state index contributed by atoms with van der Waals surface area (Å²) in [5, 5.41) is 13.3. The molecule has 1 saturated carbocycles. The first-order valence-corrected chi connectivity index (χ1v) is 8.24. The number of hydrogen-bond donors (Lipinski definition) is 2. The van der Waals surface area contributed by atoms with Crippen molar-refractivity contribution < 1.29 is 9.90 Å². The fraction of sp³-hybridized carbons (Fsp3) is 0.611. The monoisotopic (exact) mass is 304 g/mol. The van der Waals surface area contributed by atoms with Crippen LogP contribution in [0.1, 0.15) is 44.1 Å². The van der Waals surface area contributed by atoms with E-state index in [2.05, 4.69) is 34.5 Å². The van der Waals surface area contributed by atoms with Gasteiger partial charge in [0, 0.05) is 26.3 Å². The van der Waals surface area contributed by atoms with Crippen LogP contribution in [0.2, 0.25) is 0 Å². The molecule has 122 valence electrons. The van der Waals surface area contributed by atoms with Crippen LogP contribution in [0.5, 0.6) is 0 Å². The standard InChI is InChI=1S/C18H28N2O2/c1-20(2)16-8-6-15(7-9-16)10-13-19-17(21)14-18(22)11-4-3-5-12-18/h6-9,22H,3-5,10-14H2,1-2H3,(H,19,21). The van der Waals surface area contributed by atoms with Gasteiger partial charge in [0.25, 0.3) is 0 Å². The van der Waals surface area contributed by atoms with Gasteiger partial charge in [-0.1, -0.05) is 31.4 Å². The van der Waals surface area contributed by atoms with Crippen molar-refractivity contribution in [1.82, 2.24) is 5.32 Å². The van der Waals surface area contributed by atoms with Crippen molar-refractivity contribution in [2.75, 3.05) is 25.5 Å². The van der Waals surface area contributed by atoms with E-state index in [0.717, 1.165) is 32.1 Å². The highest BCUT2D eigenvalue weighted by Gasteiger charge is 2.31. The maximum Gasteiger partial charge on any atom is 0.222 e. The Bertz CT molecular complexity index is 476. The Labute approximate surface area is 133 Å². The minimum atomic E-state index is -0.768. The quantitative estimate of drug-likeness (QED) is 0.849. The molecule has 1 amide bonds. The number of hydrogen-bond acceptors (Lipinski definition) is 3. The summed E-state index contributed by atoms with van der Waals surface area (Å²) in [6, 6.07) is 8.36. The van der Waals surface area contributed by atoms with Gasteiger partial charge < -0.3 is 15.3 Å². The van der Waals surface area contributed by atoms with Crippen LogP contribution in [-0.2, 0) is 11.2 Å². The summed E-state index contributed by atoms with van der Waals surface area (Å²) >= 11 is 0. The van der Waals surface area contributed by atoms with Gasteiger partial charge in [-0.15, -0.1) is 0 Å². The Morgan fingerprint density at radius 2 is 1.82 bits per heavy atom.